The summed E-state index contributed by atoms with van der Waals surface area (Å²) in [6.45, 7) is 2.92. The van der Waals surface area contributed by atoms with Crippen molar-refractivity contribution in [2.75, 3.05) is 25.5 Å². The van der Waals surface area contributed by atoms with Crippen LogP contribution in [0.1, 0.15) is 30.1 Å². The number of aryl methyl sites for hydroxylation is 1. The molecule has 2 heterocycles. The van der Waals surface area contributed by atoms with Gasteiger partial charge in [-0.1, -0.05) is 23.4 Å². The molecule has 1 atom stereocenters. The summed E-state index contributed by atoms with van der Waals surface area (Å²) in [4.78, 5) is 14.4. The molecule has 7 nitrogen and oxygen atoms in total. The molecule has 1 amide bonds. The number of para-hydroxylation sites is 1. The lowest BCUT2D eigenvalue weighted by atomic mass is 10.0. The zero-order valence-electron chi connectivity index (χ0n) is 13.3. The van der Waals surface area contributed by atoms with E-state index in [2.05, 4.69) is 31.2 Å². The zero-order valence-corrected chi connectivity index (χ0v) is 13.3. The fraction of sp³-hybridized carbons (Fsp3) is 0.438. The van der Waals surface area contributed by atoms with Crippen LogP contribution in [0.25, 0.3) is 0 Å². The van der Waals surface area contributed by atoms with E-state index in [1.54, 1.807) is 14.0 Å². The normalized spacial score (nSPS) is 18.1. The van der Waals surface area contributed by atoms with E-state index in [1.807, 2.05) is 18.2 Å². The van der Waals surface area contributed by atoms with Gasteiger partial charge < -0.3 is 10.1 Å². The number of nitrogens with zero attached hydrogens (tertiary/aromatic N) is 3. The third kappa shape index (κ3) is 3.34. The number of rotatable bonds is 5. The van der Waals surface area contributed by atoms with E-state index >= 15 is 0 Å². The van der Waals surface area contributed by atoms with Gasteiger partial charge in [0, 0.05) is 11.6 Å². The molecule has 0 radical (unpaired) electrons. The minimum absolute atomic E-state index is 0.120. The molecule has 122 valence electrons. The summed E-state index contributed by atoms with van der Waals surface area (Å²) < 4.78 is 10.0. The van der Waals surface area contributed by atoms with Crippen LogP contribution >= 0.6 is 0 Å². The van der Waals surface area contributed by atoms with Gasteiger partial charge >= 0.3 is 0 Å². The van der Waals surface area contributed by atoms with E-state index in [4.69, 9.17) is 4.74 Å². The summed E-state index contributed by atoms with van der Waals surface area (Å²) in [7, 11) is 1.67. The molecule has 1 aliphatic heterocycles. The van der Waals surface area contributed by atoms with Crippen LogP contribution in [-0.4, -0.2) is 41.3 Å². The Kier molecular flexibility index (Phi) is 4.57. The Bertz CT molecular complexity index is 685. The van der Waals surface area contributed by atoms with E-state index in [1.165, 1.54) is 0 Å². The molecule has 0 bridgehead atoms. The van der Waals surface area contributed by atoms with Crippen LogP contribution < -0.4 is 10.1 Å². The molecule has 3 rings (SSSR count). The molecule has 7 heteroatoms. The summed E-state index contributed by atoms with van der Waals surface area (Å²) in [5.41, 5.74) is 1.70. The van der Waals surface area contributed by atoms with Gasteiger partial charge in [-0.05, 0) is 37.5 Å². The number of amides is 1. The van der Waals surface area contributed by atoms with Gasteiger partial charge in [0.25, 0.3) is 0 Å². The van der Waals surface area contributed by atoms with Gasteiger partial charge in [-0.2, -0.15) is 0 Å². The van der Waals surface area contributed by atoms with Crippen LogP contribution in [0, 0.1) is 6.92 Å². The van der Waals surface area contributed by atoms with E-state index in [-0.39, 0.29) is 11.9 Å². The first-order valence-corrected chi connectivity index (χ1v) is 7.65. The Morgan fingerprint density at radius 2 is 2.26 bits per heavy atom. The molecule has 2 aromatic rings. The fourth-order valence-electron chi connectivity index (χ4n) is 3.01. The maximum absolute atomic E-state index is 12.3. The van der Waals surface area contributed by atoms with E-state index < -0.39 is 0 Å². The van der Waals surface area contributed by atoms with Gasteiger partial charge in [0.05, 0.1) is 13.7 Å². The van der Waals surface area contributed by atoms with Crippen molar-refractivity contribution >= 4 is 11.7 Å². The standard InChI is InChI=1S/C16H20N4O3/c1-11-16(19-23-18-11)17-15(21)10-20-9-5-7-13(20)12-6-3-4-8-14(12)22-2/h3-4,6,8,13H,5,7,9-10H2,1-2H3,(H,17,19,21)/t13-/m1/s1. The molecule has 0 saturated carbocycles. The van der Waals surface area contributed by atoms with Crippen LogP contribution in [0.15, 0.2) is 28.9 Å². The Balaban J connectivity index is 1.69. The second-order valence-electron chi connectivity index (χ2n) is 5.62. The van der Waals surface area contributed by atoms with Crippen molar-refractivity contribution in [3.8, 4) is 5.75 Å². The summed E-state index contributed by atoms with van der Waals surface area (Å²) in [5, 5.41) is 10.1. The largest absolute Gasteiger partial charge is 0.496 e. The first-order chi connectivity index (χ1) is 11.2. The van der Waals surface area contributed by atoms with Gasteiger partial charge in [0.15, 0.2) is 5.82 Å². The van der Waals surface area contributed by atoms with Crippen molar-refractivity contribution in [1.29, 1.82) is 0 Å². The number of carbonyl (C=O) groups is 1. The van der Waals surface area contributed by atoms with Crippen molar-refractivity contribution in [1.82, 2.24) is 15.2 Å². The second-order valence-corrected chi connectivity index (χ2v) is 5.62. The van der Waals surface area contributed by atoms with Crippen LogP contribution in [0.5, 0.6) is 5.75 Å². The van der Waals surface area contributed by atoms with Crippen LogP contribution in [-0.2, 0) is 4.79 Å². The molecular weight excluding hydrogens is 296 g/mol. The fourth-order valence-corrected chi connectivity index (χ4v) is 3.01. The number of ether oxygens (including phenoxy) is 1. The predicted octanol–water partition coefficient (Wildman–Crippen LogP) is 2.16. The number of carbonyl (C=O) groups excluding carboxylic acids is 1. The molecule has 1 aromatic carbocycles. The third-order valence-electron chi connectivity index (χ3n) is 4.12. The lowest BCUT2D eigenvalue weighted by Crippen LogP contribution is -2.33. The number of hydrogen-bond acceptors (Lipinski definition) is 6. The maximum Gasteiger partial charge on any atom is 0.239 e. The molecule has 1 N–H and O–H groups in total. The summed E-state index contributed by atoms with van der Waals surface area (Å²) in [6, 6.07) is 8.16. The highest BCUT2D eigenvalue weighted by Gasteiger charge is 2.29. The van der Waals surface area contributed by atoms with Crippen molar-refractivity contribution in [3.63, 3.8) is 0 Å². The number of anilines is 1. The summed E-state index contributed by atoms with van der Waals surface area (Å²) >= 11 is 0. The Hall–Kier alpha value is -2.41. The van der Waals surface area contributed by atoms with Crippen LogP contribution in [0.2, 0.25) is 0 Å². The average molecular weight is 316 g/mol. The first kappa shape index (κ1) is 15.5. The number of methoxy groups -OCH3 is 1. The Morgan fingerprint density at radius 1 is 1.43 bits per heavy atom. The number of hydrogen-bond donors (Lipinski definition) is 1. The predicted molar refractivity (Wildman–Crippen MR) is 84.2 cm³/mol. The van der Waals surface area contributed by atoms with Crippen molar-refractivity contribution < 1.29 is 14.2 Å². The molecule has 1 aliphatic rings. The second kappa shape index (κ2) is 6.78. The lowest BCUT2D eigenvalue weighted by Gasteiger charge is -2.25. The number of aromatic nitrogens is 2. The molecule has 0 aliphatic carbocycles. The smallest absolute Gasteiger partial charge is 0.239 e. The number of benzene rings is 1. The van der Waals surface area contributed by atoms with E-state index in [9.17, 15) is 4.79 Å². The molecule has 23 heavy (non-hydrogen) atoms. The molecule has 1 aromatic heterocycles. The van der Waals surface area contributed by atoms with Crippen molar-refractivity contribution in [2.45, 2.75) is 25.8 Å². The molecule has 0 unspecified atom stereocenters. The van der Waals surface area contributed by atoms with Crippen LogP contribution in [0.4, 0.5) is 5.82 Å². The van der Waals surface area contributed by atoms with Crippen molar-refractivity contribution in [2.24, 2.45) is 0 Å². The topological polar surface area (TPSA) is 80.5 Å². The van der Waals surface area contributed by atoms with Crippen LogP contribution in [0.3, 0.4) is 0 Å². The first-order valence-electron chi connectivity index (χ1n) is 7.65. The highest BCUT2D eigenvalue weighted by Crippen LogP contribution is 2.36. The highest BCUT2D eigenvalue weighted by atomic mass is 16.6. The number of likely N-dealkylation sites (tertiary alicyclic amines) is 1. The van der Waals surface area contributed by atoms with Gasteiger partial charge in [-0.15, -0.1) is 0 Å². The van der Waals surface area contributed by atoms with Gasteiger partial charge in [0.2, 0.25) is 5.91 Å². The minimum atomic E-state index is -0.120. The van der Waals surface area contributed by atoms with Crippen molar-refractivity contribution in [3.05, 3.63) is 35.5 Å². The SMILES string of the molecule is COc1ccccc1[C@H]1CCCN1CC(=O)Nc1nonc1C. The molecule has 0 spiro atoms. The Labute approximate surface area is 134 Å². The molecule has 1 saturated heterocycles. The Morgan fingerprint density at radius 3 is 3.00 bits per heavy atom. The third-order valence-corrected chi connectivity index (χ3v) is 4.12. The minimum Gasteiger partial charge on any atom is -0.496 e. The quantitative estimate of drug-likeness (QED) is 0.910. The average Bonchev–Trinajstić information content (AvgIpc) is 3.17. The zero-order chi connectivity index (χ0) is 16.2. The van der Waals surface area contributed by atoms with Gasteiger partial charge in [-0.25, -0.2) is 4.63 Å². The highest BCUT2D eigenvalue weighted by molar-refractivity contribution is 5.91. The van der Waals surface area contributed by atoms with Gasteiger partial charge in [0.1, 0.15) is 11.4 Å². The lowest BCUT2D eigenvalue weighted by molar-refractivity contribution is -0.117. The monoisotopic (exact) mass is 316 g/mol. The van der Waals surface area contributed by atoms with E-state index in [0.29, 0.717) is 18.1 Å². The van der Waals surface area contributed by atoms with Gasteiger partial charge in [-0.3, -0.25) is 9.69 Å². The van der Waals surface area contributed by atoms with E-state index in [0.717, 1.165) is 30.7 Å². The maximum atomic E-state index is 12.3. The number of nitrogens with one attached hydrogen (secondary N) is 1. The summed E-state index contributed by atoms with van der Waals surface area (Å²) in [6.07, 6.45) is 2.07. The molecular formula is C16H20N4O3. The molecule has 1 fully saturated rings. The summed E-state index contributed by atoms with van der Waals surface area (Å²) in [5.74, 6) is 1.12.